The van der Waals surface area contributed by atoms with Crippen LogP contribution in [0.4, 0.5) is 8.78 Å². The number of thioether (sulfide) groups is 1. The predicted octanol–water partition coefficient (Wildman–Crippen LogP) is 2.14. The van der Waals surface area contributed by atoms with Crippen LogP contribution in [0.1, 0.15) is 0 Å². The Hall–Kier alpha value is -0.850. The molecule has 0 fully saturated rings. The van der Waals surface area contributed by atoms with E-state index in [9.17, 15) is 13.6 Å². The first-order chi connectivity index (χ1) is 8.44. The Morgan fingerprint density at radius 3 is 2.72 bits per heavy atom. The number of carbonyl (C=O) groups excluding carboxylic acids is 1. The second kappa shape index (κ2) is 6.92. The molecule has 0 saturated heterocycles. The highest BCUT2D eigenvalue weighted by Crippen LogP contribution is 2.26. The van der Waals surface area contributed by atoms with Gasteiger partial charge in [0.1, 0.15) is 0 Å². The second-order valence-corrected chi connectivity index (χ2v) is 4.98. The van der Waals surface area contributed by atoms with Crippen molar-refractivity contribution in [1.82, 2.24) is 5.32 Å². The zero-order valence-corrected chi connectivity index (χ0v) is 11.0. The summed E-state index contributed by atoms with van der Waals surface area (Å²) in [6.45, 7) is -1.53. The highest BCUT2D eigenvalue weighted by Gasteiger charge is 2.27. The third-order valence-electron chi connectivity index (χ3n) is 2.04. The Bertz CT molecular complexity index is 418. The third kappa shape index (κ3) is 5.20. The molecule has 1 aromatic rings. The lowest BCUT2D eigenvalue weighted by atomic mass is 10.3. The van der Waals surface area contributed by atoms with E-state index >= 15 is 0 Å². The van der Waals surface area contributed by atoms with Gasteiger partial charge in [-0.25, -0.2) is 8.78 Å². The van der Waals surface area contributed by atoms with Crippen molar-refractivity contribution in [1.29, 1.82) is 0 Å². The maximum atomic E-state index is 12.8. The standard InChI is InChI=1S/C11H13ClF2N2OS/c12-8-3-1-2-4-9(8)18-5-10(17)16-7-11(13,14)6-15/h1-4H,5-7,15H2,(H,16,17). The van der Waals surface area contributed by atoms with E-state index in [0.29, 0.717) is 5.02 Å². The molecule has 0 aliphatic carbocycles. The highest BCUT2D eigenvalue weighted by molar-refractivity contribution is 8.00. The first-order valence-electron chi connectivity index (χ1n) is 5.16. The second-order valence-electron chi connectivity index (χ2n) is 3.56. The Balaban J connectivity index is 2.36. The van der Waals surface area contributed by atoms with E-state index in [2.05, 4.69) is 5.32 Å². The lowest BCUT2D eigenvalue weighted by molar-refractivity contribution is -0.120. The zero-order chi connectivity index (χ0) is 13.6. The number of hydrogen-bond donors (Lipinski definition) is 2. The maximum absolute atomic E-state index is 12.8. The number of nitrogens with one attached hydrogen (secondary N) is 1. The van der Waals surface area contributed by atoms with Gasteiger partial charge < -0.3 is 11.1 Å². The van der Waals surface area contributed by atoms with Gasteiger partial charge in [0, 0.05) is 4.90 Å². The summed E-state index contributed by atoms with van der Waals surface area (Å²) in [6.07, 6.45) is 0. The number of amides is 1. The lowest BCUT2D eigenvalue weighted by Gasteiger charge is -2.14. The van der Waals surface area contributed by atoms with Gasteiger partial charge in [-0.15, -0.1) is 11.8 Å². The van der Waals surface area contributed by atoms with Crippen LogP contribution in [0.2, 0.25) is 5.02 Å². The summed E-state index contributed by atoms with van der Waals surface area (Å²) in [7, 11) is 0. The van der Waals surface area contributed by atoms with E-state index in [1.807, 2.05) is 0 Å². The fourth-order valence-electron chi connectivity index (χ4n) is 1.06. The largest absolute Gasteiger partial charge is 0.349 e. The van der Waals surface area contributed by atoms with Crippen molar-refractivity contribution < 1.29 is 13.6 Å². The summed E-state index contributed by atoms with van der Waals surface area (Å²) in [5.74, 6) is -3.51. The van der Waals surface area contributed by atoms with Gasteiger partial charge in [-0.05, 0) is 12.1 Å². The van der Waals surface area contributed by atoms with Gasteiger partial charge in [0.05, 0.1) is 23.9 Å². The van der Waals surface area contributed by atoms with E-state index in [1.165, 1.54) is 11.8 Å². The van der Waals surface area contributed by atoms with Crippen molar-refractivity contribution in [2.45, 2.75) is 10.8 Å². The Labute approximate surface area is 113 Å². The van der Waals surface area contributed by atoms with E-state index in [1.54, 1.807) is 24.3 Å². The molecule has 1 amide bonds. The first-order valence-corrected chi connectivity index (χ1v) is 6.53. The minimum Gasteiger partial charge on any atom is -0.349 e. The van der Waals surface area contributed by atoms with Gasteiger partial charge in [-0.2, -0.15) is 0 Å². The summed E-state index contributed by atoms with van der Waals surface area (Å²) in [5, 5.41) is 2.66. The van der Waals surface area contributed by atoms with Gasteiger partial charge in [-0.1, -0.05) is 23.7 Å². The van der Waals surface area contributed by atoms with Crippen LogP contribution in [0.15, 0.2) is 29.2 Å². The quantitative estimate of drug-likeness (QED) is 0.791. The van der Waals surface area contributed by atoms with Crippen LogP contribution in [0.25, 0.3) is 0 Å². The van der Waals surface area contributed by atoms with Crippen LogP contribution < -0.4 is 11.1 Å². The Kier molecular flexibility index (Phi) is 5.84. The van der Waals surface area contributed by atoms with E-state index in [-0.39, 0.29) is 5.75 Å². The topological polar surface area (TPSA) is 55.1 Å². The molecule has 1 rings (SSSR count). The summed E-state index contributed by atoms with van der Waals surface area (Å²) < 4.78 is 25.5. The fourth-order valence-corrected chi connectivity index (χ4v) is 2.12. The number of nitrogens with two attached hydrogens (primary N) is 1. The van der Waals surface area contributed by atoms with Crippen molar-refractivity contribution in [3.63, 3.8) is 0 Å². The molecule has 0 aromatic heterocycles. The number of halogens is 3. The summed E-state index contributed by atoms with van der Waals surface area (Å²) in [5.41, 5.74) is 4.85. The molecule has 3 nitrogen and oxygen atoms in total. The molecule has 18 heavy (non-hydrogen) atoms. The number of benzene rings is 1. The molecule has 0 aliphatic heterocycles. The van der Waals surface area contributed by atoms with Gasteiger partial charge in [0.2, 0.25) is 5.91 Å². The monoisotopic (exact) mass is 294 g/mol. The summed E-state index contributed by atoms with van der Waals surface area (Å²) in [4.78, 5) is 12.1. The smallest absolute Gasteiger partial charge is 0.277 e. The molecule has 1 aromatic carbocycles. The zero-order valence-electron chi connectivity index (χ0n) is 9.46. The molecule has 7 heteroatoms. The molecular formula is C11H13ClF2N2OS. The van der Waals surface area contributed by atoms with Crippen molar-refractivity contribution in [3.05, 3.63) is 29.3 Å². The molecule has 100 valence electrons. The van der Waals surface area contributed by atoms with Crippen LogP contribution in [0.3, 0.4) is 0 Å². The van der Waals surface area contributed by atoms with Crippen LogP contribution in [0.5, 0.6) is 0 Å². The summed E-state index contributed by atoms with van der Waals surface area (Å²) in [6, 6.07) is 7.02. The molecular weight excluding hydrogens is 282 g/mol. The van der Waals surface area contributed by atoms with Gasteiger partial charge in [-0.3, -0.25) is 4.79 Å². The van der Waals surface area contributed by atoms with Crippen LogP contribution in [0, 0.1) is 0 Å². The van der Waals surface area contributed by atoms with Crippen molar-refractivity contribution in [2.75, 3.05) is 18.8 Å². The van der Waals surface area contributed by atoms with Crippen LogP contribution in [-0.4, -0.2) is 30.7 Å². The molecule has 0 aliphatic rings. The van der Waals surface area contributed by atoms with Crippen molar-refractivity contribution in [2.24, 2.45) is 5.73 Å². The Morgan fingerprint density at radius 2 is 2.11 bits per heavy atom. The number of rotatable bonds is 6. The van der Waals surface area contributed by atoms with Crippen LogP contribution >= 0.6 is 23.4 Å². The molecule has 0 spiro atoms. The SMILES string of the molecule is NCC(F)(F)CNC(=O)CSc1ccccc1Cl. The van der Waals surface area contributed by atoms with Crippen LogP contribution in [-0.2, 0) is 4.79 Å². The minimum atomic E-state index is -3.06. The van der Waals surface area contributed by atoms with E-state index in [0.717, 1.165) is 4.90 Å². The molecule has 0 saturated carbocycles. The van der Waals surface area contributed by atoms with Gasteiger partial charge in [0.25, 0.3) is 5.92 Å². The average molecular weight is 295 g/mol. The number of alkyl halides is 2. The molecule has 0 bridgehead atoms. The number of carbonyl (C=O) groups is 1. The van der Waals surface area contributed by atoms with E-state index in [4.69, 9.17) is 17.3 Å². The first kappa shape index (κ1) is 15.2. The van der Waals surface area contributed by atoms with Gasteiger partial charge in [0.15, 0.2) is 0 Å². The fraction of sp³-hybridized carbons (Fsp3) is 0.364. The number of hydrogen-bond acceptors (Lipinski definition) is 3. The third-order valence-corrected chi connectivity index (χ3v) is 3.55. The Morgan fingerprint density at radius 1 is 1.44 bits per heavy atom. The van der Waals surface area contributed by atoms with Crippen molar-refractivity contribution in [3.8, 4) is 0 Å². The molecule has 0 unspecified atom stereocenters. The van der Waals surface area contributed by atoms with Gasteiger partial charge >= 0.3 is 0 Å². The maximum Gasteiger partial charge on any atom is 0.277 e. The highest BCUT2D eigenvalue weighted by atomic mass is 35.5. The molecule has 0 atom stereocenters. The molecule has 0 radical (unpaired) electrons. The normalized spacial score (nSPS) is 11.3. The predicted molar refractivity (Wildman–Crippen MR) is 69.2 cm³/mol. The minimum absolute atomic E-state index is 0.0321. The van der Waals surface area contributed by atoms with E-state index < -0.39 is 24.9 Å². The average Bonchev–Trinajstić information content (AvgIpc) is 2.35. The molecule has 3 N–H and O–H groups in total. The molecule has 0 heterocycles. The van der Waals surface area contributed by atoms with Crippen molar-refractivity contribution >= 4 is 29.3 Å². The summed E-state index contributed by atoms with van der Waals surface area (Å²) >= 11 is 7.08. The lowest BCUT2D eigenvalue weighted by Crippen LogP contribution is -2.42.